The molecule has 0 spiro atoms. The van der Waals surface area contributed by atoms with Crippen LogP contribution in [0, 0.1) is 0 Å². The number of nitrogens with zero attached hydrogens (tertiary/aromatic N) is 2. The van der Waals surface area contributed by atoms with Crippen molar-refractivity contribution in [1.82, 2.24) is 8.61 Å². The molecule has 0 aliphatic rings. The fourth-order valence-electron chi connectivity index (χ4n) is 1.85. The molecule has 1 aromatic rings. The molecule has 1 atom stereocenters. The predicted molar refractivity (Wildman–Crippen MR) is 80.9 cm³/mol. The van der Waals surface area contributed by atoms with Gasteiger partial charge in [-0.3, -0.25) is 4.79 Å². The molecule has 0 saturated heterocycles. The molecule has 0 unspecified atom stereocenters. The van der Waals surface area contributed by atoms with Crippen LogP contribution in [-0.4, -0.2) is 56.8 Å². The van der Waals surface area contributed by atoms with E-state index in [0.29, 0.717) is 0 Å². The summed E-state index contributed by atoms with van der Waals surface area (Å²) in [5.74, 6) is -0.547. The van der Waals surface area contributed by atoms with Crippen molar-refractivity contribution in [3.63, 3.8) is 0 Å². The monoisotopic (exact) mass is 314 g/mol. The molecule has 0 saturated carbocycles. The van der Waals surface area contributed by atoms with Gasteiger partial charge < -0.3 is 4.74 Å². The second kappa shape index (κ2) is 7.53. The Labute approximate surface area is 126 Å². The van der Waals surface area contributed by atoms with Gasteiger partial charge in [0.05, 0.1) is 6.61 Å². The fraction of sp³-hybridized carbons (Fsp3) is 0.500. The van der Waals surface area contributed by atoms with Crippen molar-refractivity contribution in [2.24, 2.45) is 0 Å². The second-order valence-corrected chi connectivity index (χ2v) is 6.97. The van der Waals surface area contributed by atoms with Crippen LogP contribution in [0.25, 0.3) is 0 Å². The molecule has 21 heavy (non-hydrogen) atoms. The molecule has 0 heterocycles. The first-order valence-electron chi connectivity index (χ1n) is 6.66. The summed E-state index contributed by atoms with van der Waals surface area (Å²) < 4.78 is 31.6. The van der Waals surface area contributed by atoms with Crippen molar-refractivity contribution < 1.29 is 17.9 Å². The summed E-state index contributed by atoms with van der Waals surface area (Å²) in [6.45, 7) is 1.90. The molecule has 0 fully saturated rings. The Balaban J connectivity index is 3.05. The Hall–Kier alpha value is -1.44. The Morgan fingerprint density at radius 3 is 2.24 bits per heavy atom. The van der Waals surface area contributed by atoms with E-state index < -0.39 is 22.2 Å². The fourth-order valence-corrected chi connectivity index (χ4v) is 2.85. The van der Waals surface area contributed by atoms with Gasteiger partial charge in [0.2, 0.25) is 0 Å². The van der Waals surface area contributed by atoms with E-state index in [1.165, 1.54) is 21.1 Å². The van der Waals surface area contributed by atoms with Gasteiger partial charge in [-0.15, -0.1) is 0 Å². The molecule has 0 amide bonds. The largest absolute Gasteiger partial charge is 0.465 e. The molecule has 1 rings (SSSR count). The van der Waals surface area contributed by atoms with E-state index in [0.717, 1.165) is 14.2 Å². The average molecular weight is 314 g/mol. The van der Waals surface area contributed by atoms with Crippen LogP contribution < -0.4 is 0 Å². The van der Waals surface area contributed by atoms with Gasteiger partial charge in [0, 0.05) is 21.1 Å². The number of carbonyl (C=O) groups excluding carboxylic acids is 1. The number of hydrogen-bond acceptors (Lipinski definition) is 4. The predicted octanol–water partition coefficient (Wildman–Crippen LogP) is 0.899. The third kappa shape index (κ3) is 4.52. The van der Waals surface area contributed by atoms with Gasteiger partial charge >= 0.3 is 5.97 Å². The lowest BCUT2D eigenvalue weighted by Crippen LogP contribution is -2.48. The van der Waals surface area contributed by atoms with E-state index >= 15 is 0 Å². The third-order valence-corrected chi connectivity index (χ3v) is 5.00. The molecular weight excluding hydrogens is 292 g/mol. The Bertz CT molecular complexity index is 558. The first-order chi connectivity index (χ1) is 9.80. The van der Waals surface area contributed by atoms with Gasteiger partial charge in [-0.05, 0) is 18.9 Å². The number of esters is 1. The zero-order valence-electron chi connectivity index (χ0n) is 12.8. The molecule has 0 N–H and O–H groups in total. The van der Waals surface area contributed by atoms with E-state index in [9.17, 15) is 13.2 Å². The molecule has 0 radical (unpaired) electrons. The normalized spacial score (nSPS) is 13.4. The number of benzene rings is 1. The summed E-state index contributed by atoms with van der Waals surface area (Å²) in [4.78, 5) is 12.1. The van der Waals surface area contributed by atoms with Crippen LogP contribution in [0.3, 0.4) is 0 Å². The van der Waals surface area contributed by atoms with Crippen LogP contribution in [0.4, 0.5) is 0 Å². The van der Waals surface area contributed by atoms with Crippen molar-refractivity contribution in [3.8, 4) is 0 Å². The van der Waals surface area contributed by atoms with Crippen LogP contribution in [0.2, 0.25) is 0 Å². The van der Waals surface area contributed by atoms with Crippen LogP contribution in [0.1, 0.15) is 12.5 Å². The van der Waals surface area contributed by atoms with E-state index in [-0.39, 0.29) is 13.0 Å². The van der Waals surface area contributed by atoms with Crippen molar-refractivity contribution in [1.29, 1.82) is 0 Å². The van der Waals surface area contributed by atoms with E-state index in [1.54, 1.807) is 6.92 Å². The highest BCUT2D eigenvalue weighted by Gasteiger charge is 2.34. The Morgan fingerprint density at radius 2 is 1.76 bits per heavy atom. The highest BCUT2D eigenvalue weighted by atomic mass is 32.2. The van der Waals surface area contributed by atoms with Crippen LogP contribution in [0.5, 0.6) is 0 Å². The molecule has 7 heteroatoms. The Kier molecular flexibility index (Phi) is 6.32. The summed E-state index contributed by atoms with van der Waals surface area (Å²) in [5, 5.41) is 0. The molecule has 0 aliphatic heterocycles. The molecule has 0 aliphatic carbocycles. The molecule has 0 bridgehead atoms. The lowest BCUT2D eigenvalue weighted by atomic mass is 10.1. The van der Waals surface area contributed by atoms with E-state index in [4.69, 9.17) is 4.74 Å². The minimum atomic E-state index is -3.69. The minimum Gasteiger partial charge on any atom is -0.465 e. The summed E-state index contributed by atoms with van der Waals surface area (Å²) in [5.41, 5.74) is 0.872. The summed E-state index contributed by atoms with van der Waals surface area (Å²) >= 11 is 0. The third-order valence-electron chi connectivity index (χ3n) is 3.09. The van der Waals surface area contributed by atoms with Gasteiger partial charge in [0.1, 0.15) is 6.04 Å². The lowest BCUT2D eigenvalue weighted by Gasteiger charge is -2.28. The van der Waals surface area contributed by atoms with Crippen molar-refractivity contribution in [2.75, 3.05) is 27.7 Å². The maximum absolute atomic E-state index is 12.2. The van der Waals surface area contributed by atoms with Gasteiger partial charge in [-0.25, -0.2) is 0 Å². The quantitative estimate of drug-likeness (QED) is 0.701. The van der Waals surface area contributed by atoms with Gasteiger partial charge in [-0.2, -0.15) is 17.0 Å². The van der Waals surface area contributed by atoms with Crippen LogP contribution in [-0.2, 0) is 26.2 Å². The molecule has 1 aromatic carbocycles. The maximum Gasteiger partial charge on any atom is 0.324 e. The maximum atomic E-state index is 12.2. The Morgan fingerprint density at radius 1 is 1.19 bits per heavy atom. The highest BCUT2D eigenvalue weighted by molar-refractivity contribution is 7.86. The molecular formula is C14H22N2O4S. The van der Waals surface area contributed by atoms with E-state index in [2.05, 4.69) is 0 Å². The molecule has 118 valence electrons. The van der Waals surface area contributed by atoms with Gasteiger partial charge in [-0.1, -0.05) is 30.3 Å². The zero-order chi connectivity index (χ0) is 16.0. The number of ether oxygens (including phenoxy) is 1. The summed E-state index contributed by atoms with van der Waals surface area (Å²) in [6, 6.07) is 8.36. The van der Waals surface area contributed by atoms with E-state index in [1.807, 2.05) is 30.3 Å². The first-order valence-corrected chi connectivity index (χ1v) is 8.06. The van der Waals surface area contributed by atoms with Crippen LogP contribution in [0.15, 0.2) is 30.3 Å². The summed E-state index contributed by atoms with van der Waals surface area (Å²) in [6.07, 6.45) is 0.267. The SMILES string of the molecule is CCOC(=O)[C@H](Cc1ccccc1)N(C)S(=O)(=O)N(C)C. The number of rotatable bonds is 7. The minimum absolute atomic E-state index is 0.208. The molecule has 6 nitrogen and oxygen atoms in total. The van der Waals surface area contributed by atoms with Crippen molar-refractivity contribution in [3.05, 3.63) is 35.9 Å². The molecule has 0 aromatic heterocycles. The lowest BCUT2D eigenvalue weighted by molar-refractivity contribution is -0.147. The van der Waals surface area contributed by atoms with Gasteiger partial charge in [0.15, 0.2) is 0 Å². The first kappa shape index (κ1) is 17.6. The number of carbonyl (C=O) groups is 1. The smallest absolute Gasteiger partial charge is 0.324 e. The zero-order valence-corrected chi connectivity index (χ0v) is 13.6. The standard InChI is InChI=1S/C14H22N2O4S/c1-5-20-14(17)13(11-12-9-7-6-8-10-12)16(4)21(18,19)15(2)3/h6-10,13H,5,11H2,1-4H3/t13-/m0/s1. The van der Waals surface area contributed by atoms with Crippen molar-refractivity contribution in [2.45, 2.75) is 19.4 Å². The van der Waals surface area contributed by atoms with Gasteiger partial charge in [0.25, 0.3) is 10.2 Å². The van der Waals surface area contributed by atoms with Crippen molar-refractivity contribution >= 4 is 16.2 Å². The van der Waals surface area contributed by atoms with Crippen LogP contribution >= 0.6 is 0 Å². The number of likely N-dealkylation sites (N-methyl/N-ethyl adjacent to an activating group) is 1. The number of hydrogen-bond donors (Lipinski definition) is 0. The second-order valence-electron chi connectivity index (χ2n) is 4.76. The average Bonchev–Trinajstić information content (AvgIpc) is 2.45. The highest BCUT2D eigenvalue weighted by Crippen LogP contribution is 2.14. The topological polar surface area (TPSA) is 66.9 Å². The summed E-state index contributed by atoms with van der Waals surface area (Å²) in [7, 11) is 0.549.